The summed E-state index contributed by atoms with van der Waals surface area (Å²) in [6.07, 6.45) is 22.8. The van der Waals surface area contributed by atoms with Crippen LogP contribution in [-0.4, -0.2) is 179 Å². The zero-order chi connectivity index (χ0) is 75.5. The van der Waals surface area contributed by atoms with Gasteiger partial charge in [-0.3, -0.25) is 59.2 Å². The Hall–Kier alpha value is -4.53. The summed E-state index contributed by atoms with van der Waals surface area (Å²) in [5.74, 6) is 7.15. The van der Waals surface area contributed by atoms with E-state index >= 15 is 0 Å². The molecule has 5 aromatic rings. The minimum absolute atomic E-state index is 0.314. The topological polar surface area (TPSA) is 87.1 Å². The first kappa shape index (κ1) is 75.2. The summed E-state index contributed by atoms with van der Waals surface area (Å²) in [6, 6.07) is 14.8. The fourth-order valence-corrected chi connectivity index (χ4v) is 31.5. The van der Waals surface area contributed by atoms with Gasteiger partial charge in [-0.1, -0.05) is 19.3 Å². The number of hydrogen-bond acceptors (Lipinski definition) is 12. The van der Waals surface area contributed by atoms with Crippen molar-refractivity contribution in [3.05, 3.63) is 143 Å². The summed E-state index contributed by atoms with van der Waals surface area (Å²) in [5, 5.41) is 0. The van der Waals surface area contributed by atoms with Gasteiger partial charge in [0.25, 0.3) is 0 Å². The fourth-order valence-electron chi connectivity index (χ4n) is 31.5. The molecule has 22 heterocycles. The SMILES string of the molecule is Cc1cc(C)c(C23CC4CC(C2)C(C)(C)N(C4)C3C)c(C)n1.Cc1cc(C)c(C23CC4CC(C2)C2(CCCCC2)N(C4)C3C)c(C)n1.Cc1cc(C)c(C23CC4CC(CN(C4)C2C)C3)c(C)n1.Cc1cc(C)c(C23CC4CN(CN(C4)C2C)C3)c(C)n1.Cc1cc(C)c(C23CC4CN(CN(C4)C2C)C3)c(C)n1. The fraction of sp³-hybridized carbons (Fsp3) is 0.737. The third kappa shape index (κ3) is 11.8. The number of hydrogen-bond donors (Lipinski definition) is 0. The molecule has 17 saturated heterocycles. The Kier molecular flexibility index (Phi) is 18.8. The highest BCUT2D eigenvalue weighted by atomic mass is 15.4. The van der Waals surface area contributed by atoms with Crippen molar-refractivity contribution in [3.63, 3.8) is 0 Å². The van der Waals surface area contributed by atoms with Crippen molar-refractivity contribution in [1.82, 2.24) is 59.2 Å². The molecule has 4 saturated carbocycles. The van der Waals surface area contributed by atoms with E-state index in [-0.39, 0.29) is 0 Å². The Morgan fingerprint density at radius 2 is 0.617 bits per heavy atom. The van der Waals surface area contributed by atoms with Gasteiger partial charge in [-0.05, 0) is 369 Å². The van der Waals surface area contributed by atoms with Gasteiger partial charge in [-0.25, -0.2) is 0 Å². The summed E-state index contributed by atoms with van der Waals surface area (Å²) in [7, 11) is 0. The van der Waals surface area contributed by atoms with Crippen LogP contribution in [0.1, 0.15) is 264 Å². The van der Waals surface area contributed by atoms with Crippen LogP contribution >= 0.6 is 0 Å². The lowest BCUT2D eigenvalue weighted by molar-refractivity contribution is -0.182. The average Bonchev–Trinajstić information content (AvgIpc) is 0.578. The van der Waals surface area contributed by atoms with Crippen molar-refractivity contribution in [3.8, 4) is 0 Å². The zero-order valence-corrected chi connectivity index (χ0v) is 71.1. The summed E-state index contributed by atoms with van der Waals surface area (Å²) < 4.78 is 0. The van der Waals surface area contributed by atoms with Crippen molar-refractivity contribution < 1.29 is 0 Å². The second kappa shape index (κ2) is 26.8. The Morgan fingerprint density at radius 3 is 1.00 bits per heavy atom. The molecule has 580 valence electrons. The van der Waals surface area contributed by atoms with Crippen LogP contribution in [-0.2, 0) is 27.1 Å². The Morgan fingerprint density at radius 1 is 0.308 bits per heavy atom. The Labute approximate surface area is 648 Å². The molecule has 21 aliphatic rings. The van der Waals surface area contributed by atoms with Gasteiger partial charge in [0, 0.05) is 191 Å². The smallest absolute Gasteiger partial charge is 0.0509 e. The first-order valence-electron chi connectivity index (χ1n) is 43.7. The predicted molar refractivity (Wildman–Crippen MR) is 438 cm³/mol. The maximum atomic E-state index is 4.91. The lowest BCUT2D eigenvalue weighted by Gasteiger charge is -2.71. The van der Waals surface area contributed by atoms with E-state index in [1.165, 1.54) is 249 Å². The number of pyridine rings is 5. The van der Waals surface area contributed by atoms with E-state index in [0.717, 1.165) is 64.4 Å². The lowest BCUT2D eigenvalue weighted by Crippen LogP contribution is -2.75. The van der Waals surface area contributed by atoms with Gasteiger partial charge < -0.3 is 0 Å². The van der Waals surface area contributed by atoms with E-state index in [4.69, 9.17) is 24.9 Å². The number of rotatable bonds is 5. The lowest BCUT2D eigenvalue weighted by atomic mass is 9.46. The Balaban J connectivity index is 0.0000000985. The largest absolute Gasteiger partial charge is 0.299 e. The molecule has 17 aliphatic heterocycles. The minimum Gasteiger partial charge on any atom is -0.299 e. The standard InChI is InChI=1S/C23H34N2.C20H30N2.C18H26N2.2C17H25N3/c1-15-10-16(2)24-17(3)21(15)22-12-19-11-20(13-22)23(8-6-5-7-9-23)25(14-19)18(22)4;1-12-7-13(2)21-14(3)18(12)20-9-16-8-17(10-20)19(5,6)22(11-16)15(20)4;1-11-5-12(2)19-13(3)17(11)18-7-15-6-16(8-18)10-20(9-15)14(18)4;2*1-11-5-12(2)18-13(3)16(11)17-6-15-7-19(9-17)10-20(8-15)14(17)4/h10,18-20H,5-9,11-14H2,1-4H3;7,15-17H,8-11H2,1-6H3;5,14-16H,6-10H2,1-4H3;2*5,14-15H,6-10H2,1-4H3. The molecule has 23 atom stereocenters. The van der Waals surface area contributed by atoms with E-state index in [2.05, 4.69) is 217 Å². The number of aromatic nitrogens is 5. The summed E-state index contributed by atoms with van der Waals surface area (Å²) in [6.45, 7) is 66.1. The maximum Gasteiger partial charge on any atom is 0.0509 e. The van der Waals surface area contributed by atoms with Gasteiger partial charge in [0.2, 0.25) is 0 Å². The van der Waals surface area contributed by atoms with Crippen molar-refractivity contribution >= 4 is 0 Å². The molecule has 0 amide bonds. The normalized spacial score (nSPS) is 42.0. The van der Waals surface area contributed by atoms with Gasteiger partial charge >= 0.3 is 0 Å². The van der Waals surface area contributed by atoms with Crippen LogP contribution in [0.4, 0.5) is 0 Å². The number of piperidine rings is 13. The molecular weight excluding hydrogens is 1310 g/mol. The van der Waals surface area contributed by atoms with E-state index < -0.39 is 0 Å². The van der Waals surface area contributed by atoms with E-state index in [9.17, 15) is 0 Å². The van der Waals surface area contributed by atoms with Crippen molar-refractivity contribution in [2.75, 3.05) is 78.8 Å². The summed E-state index contributed by atoms with van der Waals surface area (Å²) >= 11 is 0. The van der Waals surface area contributed by atoms with Gasteiger partial charge in [0.1, 0.15) is 0 Å². The van der Waals surface area contributed by atoms with Crippen LogP contribution < -0.4 is 0 Å². The number of aryl methyl sites for hydroxylation is 15. The molecule has 23 unspecified atom stereocenters. The molecule has 0 aromatic carbocycles. The third-order valence-corrected chi connectivity index (χ3v) is 34.2. The van der Waals surface area contributed by atoms with Crippen LogP contribution in [0, 0.1) is 151 Å². The first-order valence-corrected chi connectivity index (χ1v) is 43.7. The molecular formula is C95H140N12. The number of nitrogens with zero attached hydrogens (tertiary/aromatic N) is 12. The molecule has 20 bridgehead atoms. The van der Waals surface area contributed by atoms with Gasteiger partial charge in [0.05, 0.1) is 13.3 Å². The van der Waals surface area contributed by atoms with E-state index in [1.54, 1.807) is 27.8 Å². The molecule has 5 aromatic heterocycles. The molecule has 0 N–H and O–H groups in total. The van der Waals surface area contributed by atoms with Crippen LogP contribution in [0.3, 0.4) is 0 Å². The zero-order valence-electron chi connectivity index (χ0n) is 71.1. The first-order chi connectivity index (χ1) is 50.7. The van der Waals surface area contributed by atoms with Gasteiger partial charge in [-0.2, -0.15) is 0 Å². The minimum atomic E-state index is 0.314. The highest BCUT2D eigenvalue weighted by molar-refractivity contribution is 5.48. The van der Waals surface area contributed by atoms with Crippen LogP contribution in [0.5, 0.6) is 0 Å². The van der Waals surface area contributed by atoms with Crippen molar-refractivity contribution in [2.24, 2.45) is 47.3 Å². The van der Waals surface area contributed by atoms with Gasteiger partial charge in [-0.15, -0.1) is 0 Å². The van der Waals surface area contributed by atoms with Crippen LogP contribution in [0.25, 0.3) is 0 Å². The second-order valence-corrected chi connectivity index (χ2v) is 41.2. The van der Waals surface area contributed by atoms with Crippen molar-refractivity contribution in [1.29, 1.82) is 0 Å². The van der Waals surface area contributed by atoms with E-state index in [0.29, 0.717) is 68.4 Å². The molecule has 107 heavy (non-hydrogen) atoms. The highest BCUT2D eigenvalue weighted by Crippen LogP contribution is 2.66. The highest BCUT2D eigenvalue weighted by Gasteiger charge is 2.67. The molecule has 12 heteroatoms. The molecule has 0 radical (unpaired) electrons. The maximum absolute atomic E-state index is 4.91. The predicted octanol–water partition coefficient (Wildman–Crippen LogP) is 17.1. The van der Waals surface area contributed by atoms with Crippen LogP contribution in [0.2, 0.25) is 0 Å². The molecule has 12 nitrogen and oxygen atoms in total. The third-order valence-electron chi connectivity index (χ3n) is 34.2. The quantitative estimate of drug-likeness (QED) is 0.168. The monoisotopic (exact) mass is 1450 g/mol. The molecule has 4 aliphatic carbocycles. The molecule has 1 spiro atoms. The van der Waals surface area contributed by atoms with Crippen LogP contribution in [0.15, 0.2) is 30.3 Å². The van der Waals surface area contributed by atoms with E-state index in [1.807, 2.05) is 0 Å². The molecule has 26 rings (SSSR count). The van der Waals surface area contributed by atoms with Gasteiger partial charge in [0.15, 0.2) is 0 Å². The molecule has 21 fully saturated rings. The second-order valence-electron chi connectivity index (χ2n) is 41.2. The average molecular weight is 1450 g/mol. The van der Waals surface area contributed by atoms with Crippen molar-refractivity contribution in [2.45, 2.75) is 323 Å². The summed E-state index contributed by atoms with van der Waals surface area (Å²) in [4.78, 5) is 43.5. The Bertz CT molecular complexity index is 3880. The summed E-state index contributed by atoms with van der Waals surface area (Å²) in [5.41, 5.74) is 30.1.